The van der Waals surface area contributed by atoms with Crippen LogP contribution in [0.25, 0.3) is 10.2 Å². The predicted molar refractivity (Wildman–Crippen MR) is 102 cm³/mol. The third-order valence-electron chi connectivity index (χ3n) is 4.09. The number of aromatic nitrogens is 1. The molecule has 1 amide bonds. The van der Waals surface area contributed by atoms with Gasteiger partial charge >= 0.3 is 0 Å². The van der Waals surface area contributed by atoms with Crippen LogP contribution in [-0.4, -0.2) is 30.6 Å². The topological polar surface area (TPSA) is 51.7 Å². The van der Waals surface area contributed by atoms with E-state index in [9.17, 15) is 4.79 Å². The molecule has 26 heavy (non-hydrogen) atoms. The van der Waals surface area contributed by atoms with Crippen molar-refractivity contribution in [1.82, 2.24) is 4.98 Å². The van der Waals surface area contributed by atoms with Crippen LogP contribution in [0.5, 0.6) is 0 Å². The Bertz CT molecular complexity index is 903. The maximum Gasteiger partial charge on any atom is 0.298 e. The van der Waals surface area contributed by atoms with Gasteiger partial charge in [0.1, 0.15) is 19.5 Å². The second kappa shape index (κ2) is 7.58. The van der Waals surface area contributed by atoms with Crippen molar-refractivity contribution < 1.29 is 14.3 Å². The highest BCUT2D eigenvalue weighted by molar-refractivity contribution is 7.22. The molecule has 0 aliphatic carbocycles. The largest absolute Gasteiger partial charge is 0.494 e. The molecular formula is C20H18N2O3S. The van der Waals surface area contributed by atoms with Crippen molar-refractivity contribution in [3.8, 4) is 0 Å². The van der Waals surface area contributed by atoms with Crippen molar-refractivity contribution in [1.29, 1.82) is 0 Å². The molecule has 0 bridgehead atoms. The second-order valence-electron chi connectivity index (χ2n) is 5.86. The van der Waals surface area contributed by atoms with Crippen molar-refractivity contribution in [2.45, 2.75) is 6.42 Å². The number of nitrogens with zero attached hydrogens (tertiary/aromatic N) is 2. The van der Waals surface area contributed by atoms with Gasteiger partial charge in [0.05, 0.1) is 10.2 Å². The van der Waals surface area contributed by atoms with Gasteiger partial charge in [-0.3, -0.25) is 9.69 Å². The average molecular weight is 366 g/mol. The molecule has 1 aliphatic heterocycles. The Morgan fingerprint density at radius 3 is 2.65 bits per heavy atom. The Labute approximate surface area is 155 Å². The summed E-state index contributed by atoms with van der Waals surface area (Å²) in [7, 11) is 0. The Hall–Kier alpha value is -2.86. The number of rotatable bonds is 5. The van der Waals surface area contributed by atoms with E-state index in [0.717, 1.165) is 16.6 Å². The molecule has 0 spiro atoms. The first kappa shape index (κ1) is 16.6. The van der Waals surface area contributed by atoms with Gasteiger partial charge in [0.2, 0.25) is 5.76 Å². The third-order valence-corrected chi connectivity index (χ3v) is 5.14. The van der Waals surface area contributed by atoms with Crippen LogP contribution in [-0.2, 0) is 20.7 Å². The third kappa shape index (κ3) is 3.55. The summed E-state index contributed by atoms with van der Waals surface area (Å²) in [5.74, 6) is 0.00301. The molecule has 2 heterocycles. The van der Waals surface area contributed by atoms with Crippen LogP contribution >= 0.6 is 11.3 Å². The first-order valence-corrected chi connectivity index (χ1v) is 9.29. The highest BCUT2D eigenvalue weighted by Crippen LogP contribution is 2.30. The SMILES string of the molecule is O=C(C1=COCCO1)N(CCc1ccccc1)c1nc2ccccc2s1. The van der Waals surface area contributed by atoms with E-state index in [4.69, 9.17) is 9.47 Å². The monoisotopic (exact) mass is 366 g/mol. The Kier molecular flexibility index (Phi) is 4.84. The molecule has 4 rings (SSSR count). The first-order valence-electron chi connectivity index (χ1n) is 8.47. The number of ether oxygens (including phenoxy) is 2. The van der Waals surface area contributed by atoms with E-state index in [-0.39, 0.29) is 11.7 Å². The highest BCUT2D eigenvalue weighted by Gasteiger charge is 2.26. The molecule has 0 saturated heterocycles. The number of carbonyl (C=O) groups is 1. The molecule has 1 aliphatic rings. The fourth-order valence-corrected chi connectivity index (χ4v) is 3.75. The lowest BCUT2D eigenvalue weighted by Gasteiger charge is -2.23. The van der Waals surface area contributed by atoms with Gasteiger partial charge in [-0.1, -0.05) is 53.8 Å². The fraction of sp³-hybridized carbons (Fsp3) is 0.200. The normalized spacial score (nSPS) is 13.6. The zero-order valence-corrected chi connectivity index (χ0v) is 14.9. The predicted octanol–water partition coefficient (Wildman–Crippen LogP) is 3.76. The molecule has 0 atom stereocenters. The van der Waals surface area contributed by atoms with E-state index < -0.39 is 0 Å². The van der Waals surface area contributed by atoms with Crippen molar-refractivity contribution in [2.75, 3.05) is 24.7 Å². The second-order valence-corrected chi connectivity index (χ2v) is 6.87. The molecule has 0 saturated carbocycles. The van der Waals surface area contributed by atoms with E-state index in [1.54, 1.807) is 4.90 Å². The fourth-order valence-electron chi connectivity index (χ4n) is 2.76. The lowest BCUT2D eigenvalue weighted by atomic mass is 10.1. The van der Waals surface area contributed by atoms with Gasteiger partial charge in [0.15, 0.2) is 5.13 Å². The smallest absolute Gasteiger partial charge is 0.298 e. The highest BCUT2D eigenvalue weighted by atomic mass is 32.1. The molecule has 0 radical (unpaired) electrons. The lowest BCUT2D eigenvalue weighted by Crippen LogP contribution is -2.35. The van der Waals surface area contributed by atoms with Gasteiger partial charge in [-0.15, -0.1) is 0 Å². The van der Waals surface area contributed by atoms with Crippen LogP contribution in [0.15, 0.2) is 66.6 Å². The molecule has 2 aromatic carbocycles. The summed E-state index contributed by atoms with van der Waals surface area (Å²) in [5.41, 5.74) is 2.06. The number of para-hydroxylation sites is 1. The van der Waals surface area contributed by atoms with Gasteiger partial charge < -0.3 is 9.47 Å². The van der Waals surface area contributed by atoms with Crippen LogP contribution in [0.2, 0.25) is 0 Å². The van der Waals surface area contributed by atoms with Crippen molar-refractivity contribution >= 4 is 32.6 Å². The van der Waals surface area contributed by atoms with Gasteiger partial charge in [0, 0.05) is 6.54 Å². The van der Waals surface area contributed by atoms with Crippen LogP contribution in [0.1, 0.15) is 5.56 Å². The van der Waals surface area contributed by atoms with Crippen LogP contribution in [0.3, 0.4) is 0 Å². The first-order chi connectivity index (χ1) is 12.8. The summed E-state index contributed by atoms with van der Waals surface area (Å²) < 4.78 is 11.8. The number of carbonyl (C=O) groups excluding carboxylic acids is 1. The molecule has 0 fully saturated rings. The van der Waals surface area contributed by atoms with Crippen molar-refractivity contribution in [2.24, 2.45) is 0 Å². The van der Waals surface area contributed by atoms with Gasteiger partial charge in [-0.2, -0.15) is 0 Å². The molecule has 132 valence electrons. The Balaban J connectivity index is 1.63. The summed E-state index contributed by atoms with van der Waals surface area (Å²) in [6, 6.07) is 18.0. The van der Waals surface area contributed by atoms with E-state index in [2.05, 4.69) is 17.1 Å². The number of hydrogen-bond donors (Lipinski definition) is 0. The molecule has 3 aromatic rings. The Morgan fingerprint density at radius 1 is 1.08 bits per heavy atom. The average Bonchev–Trinajstić information content (AvgIpc) is 3.13. The minimum atomic E-state index is -0.223. The number of hydrogen-bond acceptors (Lipinski definition) is 5. The summed E-state index contributed by atoms with van der Waals surface area (Å²) in [6.07, 6.45) is 2.13. The molecular weight excluding hydrogens is 348 g/mol. The maximum atomic E-state index is 13.0. The van der Waals surface area contributed by atoms with E-state index >= 15 is 0 Å². The van der Waals surface area contributed by atoms with E-state index in [0.29, 0.717) is 24.9 Å². The molecule has 5 nitrogen and oxygen atoms in total. The van der Waals surface area contributed by atoms with Gasteiger partial charge in [-0.25, -0.2) is 4.98 Å². The Morgan fingerprint density at radius 2 is 1.88 bits per heavy atom. The number of anilines is 1. The van der Waals surface area contributed by atoms with Crippen LogP contribution in [0, 0.1) is 0 Å². The molecule has 0 unspecified atom stereocenters. The molecule has 1 aromatic heterocycles. The molecule has 6 heteroatoms. The minimum Gasteiger partial charge on any atom is -0.494 e. The quantitative estimate of drug-likeness (QED) is 0.690. The number of benzene rings is 2. The van der Waals surface area contributed by atoms with Crippen LogP contribution in [0.4, 0.5) is 5.13 Å². The number of amides is 1. The van der Waals surface area contributed by atoms with Crippen molar-refractivity contribution in [3.63, 3.8) is 0 Å². The van der Waals surface area contributed by atoms with E-state index in [1.807, 2.05) is 42.5 Å². The van der Waals surface area contributed by atoms with E-state index in [1.165, 1.54) is 23.2 Å². The van der Waals surface area contributed by atoms with Gasteiger partial charge in [0.25, 0.3) is 5.91 Å². The zero-order chi connectivity index (χ0) is 17.8. The number of thiazole rings is 1. The zero-order valence-electron chi connectivity index (χ0n) is 14.1. The molecule has 0 N–H and O–H groups in total. The summed E-state index contributed by atoms with van der Waals surface area (Å²) in [5, 5.41) is 0.669. The maximum absolute atomic E-state index is 13.0. The van der Waals surface area contributed by atoms with Gasteiger partial charge in [-0.05, 0) is 24.1 Å². The lowest BCUT2D eigenvalue weighted by molar-refractivity contribution is -0.119. The minimum absolute atomic E-state index is 0.223. The van der Waals surface area contributed by atoms with Crippen LogP contribution < -0.4 is 4.90 Å². The summed E-state index contributed by atoms with van der Waals surface area (Å²) >= 11 is 1.50. The number of fused-ring (bicyclic) bond motifs is 1. The standard InChI is InChI=1S/C20H18N2O3S/c23-19(17-14-24-12-13-25-17)22(11-10-15-6-2-1-3-7-15)20-21-16-8-4-5-9-18(16)26-20/h1-9,14H,10-13H2. The summed E-state index contributed by atoms with van der Waals surface area (Å²) in [6.45, 7) is 1.36. The summed E-state index contributed by atoms with van der Waals surface area (Å²) in [4.78, 5) is 19.3. The van der Waals surface area contributed by atoms with Crippen molar-refractivity contribution in [3.05, 3.63) is 72.2 Å².